The summed E-state index contributed by atoms with van der Waals surface area (Å²) in [6.07, 6.45) is 37.2. The molecule has 0 unspecified atom stereocenters. The molecule has 0 radical (unpaired) electrons. The third-order valence-electron chi connectivity index (χ3n) is 7.64. The maximum absolute atomic E-state index is 11.4. The van der Waals surface area contributed by atoms with E-state index in [1.54, 1.807) is 21.1 Å². The van der Waals surface area contributed by atoms with Gasteiger partial charge in [-0.25, -0.2) is 0 Å². The smallest absolute Gasteiger partial charge is 0.0779 e. The van der Waals surface area contributed by atoms with E-state index in [0.29, 0.717) is 0 Å². The van der Waals surface area contributed by atoms with Crippen molar-refractivity contribution >= 4 is 0 Å². The Morgan fingerprint density at radius 1 is 0.447 bits per heavy atom. The van der Waals surface area contributed by atoms with Gasteiger partial charge in [0.15, 0.2) is 0 Å². The first kappa shape index (κ1) is 40.0. The lowest BCUT2D eigenvalue weighted by Crippen LogP contribution is -2.32. The summed E-state index contributed by atoms with van der Waals surface area (Å²) in [6.45, 7) is 6.15. The van der Waals surface area contributed by atoms with Gasteiger partial charge in [-0.05, 0) is 19.3 Å². The second-order valence-electron chi connectivity index (χ2n) is 12.5. The number of nitrogens with zero attached hydrogens (tertiary/aromatic N) is 2. The summed E-state index contributed by atoms with van der Waals surface area (Å²) >= 11 is 0. The van der Waals surface area contributed by atoms with E-state index in [2.05, 4.69) is 13.8 Å². The lowest BCUT2D eigenvalue weighted by Gasteiger charge is -2.33. The van der Waals surface area contributed by atoms with Crippen LogP contribution in [0.15, 0.2) is 0 Å². The number of hydroxylamine groups is 5. The number of hydrogen-bond acceptors (Lipinski definition) is 3. The predicted octanol–water partition coefficient (Wildman–Crippen LogP) is 11.4. The summed E-state index contributed by atoms with van der Waals surface area (Å²) in [7, 11) is 5.20. The van der Waals surface area contributed by atoms with E-state index >= 15 is 0 Å². The van der Waals surface area contributed by atoms with Crippen LogP contribution >= 0.6 is 0 Å². The van der Waals surface area contributed by atoms with E-state index in [9.17, 15) is 5.21 Å². The van der Waals surface area contributed by atoms with E-state index in [-0.39, 0.29) is 4.65 Å². The Balaban J connectivity index is 0. The number of hydrogen-bond donors (Lipinski definition) is 1. The maximum Gasteiger partial charge on any atom is 0.0779 e. The van der Waals surface area contributed by atoms with Gasteiger partial charge in [0, 0.05) is 13.6 Å². The Hall–Kier alpha value is -0.160. The van der Waals surface area contributed by atoms with Gasteiger partial charge >= 0.3 is 0 Å². The zero-order chi connectivity index (χ0) is 28.6. The van der Waals surface area contributed by atoms with Gasteiger partial charge < -0.3 is 15.1 Å². The molecule has 4 heteroatoms. The standard InChI is InChI=1S/C18H39NO.C16H35NO/c1-4-5-6-7-8-9-10-11-12-13-14-15-16-17-18-19(2,3)20;1-3-4-5-6-7-8-9-10-11-12-13-14-15-16-17(2)18/h4-18H2,1-3H3;18H,3-16H2,1-2H3. The molecule has 0 aliphatic heterocycles. The fourth-order valence-electron chi connectivity index (χ4n) is 5.05. The Kier molecular flexibility index (Phi) is 34.8. The van der Waals surface area contributed by atoms with Crippen molar-refractivity contribution in [1.82, 2.24) is 5.06 Å². The van der Waals surface area contributed by atoms with E-state index in [1.807, 2.05) is 0 Å². The van der Waals surface area contributed by atoms with Crippen LogP contribution in [0.3, 0.4) is 0 Å². The highest BCUT2D eigenvalue weighted by molar-refractivity contribution is 4.51. The second-order valence-corrected chi connectivity index (χ2v) is 12.5. The zero-order valence-corrected chi connectivity index (χ0v) is 27.3. The highest BCUT2D eigenvalue weighted by atomic mass is 16.5. The zero-order valence-electron chi connectivity index (χ0n) is 27.3. The van der Waals surface area contributed by atoms with Crippen LogP contribution in [0.4, 0.5) is 0 Å². The molecule has 0 aliphatic carbocycles. The molecular weight excluding hydrogens is 468 g/mol. The summed E-state index contributed by atoms with van der Waals surface area (Å²) in [5.41, 5.74) is 0. The summed E-state index contributed by atoms with van der Waals surface area (Å²) < 4.78 is -0.127. The van der Waals surface area contributed by atoms with Crippen molar-refractivity contribution in [3.63, 3.8) is 0 Å². The molecule has 0 spiro atoms. The molecule has 0 aromatic rings. The monoisotopic (exact) mass is 543 g/mol. The Morgan fingerprint density at radius 2 is 0.684 bits per heavy atom. The van der Waals surface area contributed by atoms with Gasteiger partial charge in [-0.1, -0.05) is 168 Å². The van der Waals surface area contributed by atoms with Crippen LogP contribution in [-0.4, -0.2) is 49.1 Å². The maximum atomic E-state index is 11.4. The summed E-state index contributed by atoms with van der Waals surface area (Å²) in [5, 5.41) is 21.6. The lowest BCUT2D eigenvalue weighted by molar-refractivity contribution is -0.840. The molecule has 0 heterocycles. The molecule has 0 saturated heterocycles. The van der Waals surface area contributed by atoms with Crippen molar-refractivity contribution < 1.29 is 9.85 Å². The topological polar surface area (TPSA) is 46.5 Å². The summed E-state index contributed by atoms with van der Waals surface area (Å²) in [6, 6.07) is 0. The van der Waals surface area contributed by atoms with Crippen LogP contribution < -0.4 is 0 Å². The third-order valence-corrected chi connectivity index (χ3v) is 7.64. The molecule has 0 aliphatic rings. The summed E-state index contributed by atoms with van der Waals surface area (Å²) in [4.78, 5) is 0. The van der Waals surface area contributed by atoms with E-state index in [0.717, 1.165) is 25.9 Å². The third kappa shape index (κ3) is 42.9. The van der Waals surface area contributed by atoms with Gasteiger partial charge in [0.25, 0.3) is 0 Å². The molecule has 0 aromatic heterocycles. The molecule has 0 saturated carbocycles. The van der Waals surface area contributed by atoms with Gasteiger partial charge in [0.2, 0.25) is 0 Å². The predicted molar refractivity (Wildman–Crippen MR) is 171 cm³/mol. The molecule has 0 atom stereocenters. The number of unbranched alkanes of at least 4 members (excludes halogenated alkanes) is 25. The largest absolute Gasteiger partial charge is 0.633 e. The first-order valence-corrected chi connectivity index (χ1v) is 17.3. The first-order chi connectivity index (χ1) is 18.3. The molecular formula is C34H74N2O2. The molecule has 4 nitrogen and oxygen atoms in total. The number of quaternary nitrogens is 1. The fraction of sp³-hybridized carbons (Fsp3) is 1.00. The average Bonchev–Trinajstić information content (AvgIpc) is 2.86. The van der Waals surface area contributed by atoms with Crippen LogP contribution in [-0.2, 0) is 0 Å². The average molecular weight is 543 g/mol. The van der Waals surface area contributed by atoms with Crippen molar-refractivity contribution in [2.75, 3.05) is 34.2 Å². The molecule has 0 rings (SSSR count). The Bertz CT molecular complexity index is 410. The van der Waals surface area contributed by atoms with Crippen LogP contribution in [0, 0.1) is 5.21 Å². The Labute approximate surface area is 241 Å². The first-order valence-electron chi connectivity index (χ1n) is 17.3. The number of rotatable bonds is 29. The minimum Gasteiger partial charge on any atom is -0.633 e. The van der Waals surface area contributed by atoms with Crippen LogP contribution in [0.5, 0.6) is 0 Å². The normalized spacial score (nSPS) is 11.7. The van der Waals surface area contributed by atoms with Crippen LogP contribution in [0.1, 0.15) is 187 Å². The quantitative estimate of drug-likeness (QED) is 0.0580. The molecule has 38 heavy (non-hydrogen) atoms. The molecule has 1 N–H and O–H groups in total. The highest BCUT2D eigenvalue weighted by Crippen LogP contribution is 2.14. The van der Waals surface area contributed by atoms with E-state index < -0.39 is 0 Å². The van der Waals surface area contributed by atoms with Gasteiger partial charge in [0.1, 0.15) is 0 Å². The minimum atomic E-state index is -0.127. The molecule has 0 bridgehead atoms. The van der Waals surface area contributed by atoms with Gasteiger partial charge in [-0.15, -0.1) is 0 Å². The highest BCUT2D eigenvalue weighted by Gasteiger charge is 2.00. The second kappa shape index (κ2) is 33.0. The van der Waals surface area contributed by atoms with Crippen LogP contribution in [0.25, 0.3) is 0 Å². The van der Waals surface area contributed by atoms with Gasteiger partial charge in [0.05, 0.1) is 20.6 Å². The fourth-order valence-corrected chi connectivity index (χ4v) is 5.05. The minimum absolute atomic E-state index is 0.127. The van der Waals surface area contributed by atoms with Crippen molar-refractivity contribution in [2.24, 2.45) is 0 Å². The summed E-state index contributed by atoms with van der Waals surface area (Å²) in [5.74, 6) is 0. The van der Waals surface area contributed by atoms with Crippen molar-refractivity contribution in [1.29, 1.82) is 0 Å². The van der Waals surface area contributed by atoms with Crippen molar-refractivity contribution in [3.8, 4) is 0 Å². The molecule has 0 amide bonds. The Morgan fingerprint density at radius 3 is 0.921 bits per heavy atom. The van der Waals surface area contributed by atoms with E-state index in [1.165, 1.54) is 166 Å². The lowest BCUT2D eigenvalue weighted by atomic mass is 10.0. The molecule has 0 fully saturated rings. The van der Waals surface area contributed by atoms with Gasteiger partial charge in [-0.3, -0.25) is 0 Å². The van der Waals surface area contributed by atoms with Gasteiger partial charge in [-0.2, -0.15) is 5.06 Å². The van der Waals surface area contributed by atoms with E-state index in [4.69, 9.17) is 5.21 Å². The van der Waals surface area contributed by atoms with Crippen LogP contribution in [0.2, 0.25) is 0 Å². The molecule has 0 aromatic carbocycles. The molecule has 232 valence electrons. The van der Waals surface area contributed by atoms with Crippen molar-refractivity contribution in [2.45, 2.75) is 187 Å². The van der Waals surface area contributed by atoms with Crippen molar-refractivity contribution in [3.05, 3.63) is 5.21 Å². The SMILES string of the molecule is CCCCCCCCCCCCCCCC[N+](C)(C)[O-].CCCCCCCCCCCCCCCN(C)O.